The van der Waals surface area contributed by atoms with E-state index in [2.05, 4.69) is 20.3 Å². The number of fused-ring (bicyclic) bond motifs is 1. The second kappa shape index (κ2) is 8.02. The Kier molecular flexibility index (Phi) is 5.42. The molecule has 0 unspecified atom stereocenters. The Morgan fingerprint density at radius 2 is 1.97 bits per heavy atom. The van der Waals surface area contributed by atoms with E-state index in [1.165, 1.54) is 19.2 Å². The van der Waals surface area contributed by atoms with Gasteiger partial charge in [0, 0.05) is 17.8 Å². The number of aliphatic hydroxyl groups is 1. The number of aromatic nitrogens is 3. The van der Waals surface area contributed by atoms with Crippen LogP contribution in [0.3, 0.4) is 0 Å². The molecule has 0 saturated heterocycles. The third-order valence-corrected chi connectivity index (χ3v) is 5.18. The van der Waals surface area contributed by atoms with Gasteiger partial charge in [-0.05, 0) is 37.1 Å². The summed E-state index contributed by atoms with van der Waals surface area (Å²) in [5.74, 6) is 0.209. The Bertz CT molecular complexity index is 1040. The molecule has 2 aromatic heterocycles. The second-order valence-corrected chi connectivity index (χ2v) is 7.15. The van der Waals surface area contributed by atoms with Gasteiger partial charge >= 0.3 is 6.36 Å². The molecule has 0 amide bonds. The van der Waals surface area contributed by atoms with Crippen LogP contribution in [0.1, 0.15) is 25.7 Å². The minimum atomic E-state index is -4.87. The number of hydrogen-bond acceptors (Lipinski definition) is 6. The maximum Gasteiger partial charge on any atom is 0.573 e. The molecule has 160 valence electrons. The van der Waals surface area contributed by atoms with Crippen LogP contribution in [0.15, 0.2) is 36.5 Å². The van der Waals surface area contributed by atoms with Gasteiger partial charge in [-0.1, -0.05) is 12.8 Å². The number of nitrogens with zero attached hydrogens (tertiary/aromatic N) is 3. The minimum absolute atomic E-state index is 0.133. The quantitative estimate of drug-likeness (QED) is 0.647. The van der Waals surface area contributed by atoms with Crippen LogP contribution in [0, 0.1) is 0 Å². The summed E-state index contributed by atoms with van der Waals surface area (Å²) in [5.41, 5.74) is 0.917. The zero-order chi connectivity index (χ0) is 21.3. The van der Waals surface area contributed by atoms with Gasteiger partial charge in [0.1, 0.15) is 17.2 Å². The molecule has 1 saturated carbocycles. The molecule has 0 spiro atoms. The SMILES string of the molecule is COc1ccc(-c2nnc(N[C@@H]3CCCC[C@H]3O)n3cccc23)c(OC(F)(F)F)c1. The number of benzene rings is 1. The fourth-order valence-electron chi connectivity index (χ4n) is 3.73. The van der Waals surface area contributed by atoms with E-state index in [4.69, 9.17) is 4.74 Å². The maximum atomic E-state index is 12.9. The molecule has 4 rings (SSSR count). The van der Waals surface area contributed by atoms with Gasteiger partial charge in [-0.15, -0.1) is 23.4 Å². The first-order chi connectivity index (χ1) is 14.4. The van der Waals surface area contributed by atoms with E-state index >= 15 is 0 Å². The topological polar surface area (TPSA) is 80.9 Å². The summed E-state index contributed by atoms with van der Waals surface area (Å²) >= 11 is 0. The molecule has 2 atom stereocenters. The van der Waals surface area contributed by atoms with Gasteiger partial charge in [0.2, 0.25) is 5.95 Å². The molecule has 1 aromatic carbocycles. The fraction of sp³-hybridized carbons (Fsp3) is 0.400. The highest BCUT2D eigenvalue weighted by Crippen LogP contribution is 2.38. The number of ether oxygens (including phenoxy) is 2. The van der Waals surface area contributed by atoms with Crippen molar-refractivity contribution in [3.8, 4) is 22.8 Å². The zero-order valence-electron chi connectivity index (χ0n) is 16.2. The average molecular weight is 422 g/mol. The van der Waals surface area contributed by atoms with Gasteiger partial charge in [-0.2, -0.15) is 0 Å². The Morgan fingerprint density at radius 3 is 2.70 bits per heavy atom. The van der Waals surface area contributed by atoms with Crippen LogP contribution in [0.4, 0.5) is 19.1 Å². The molecule has 0 bridgehead atoms. The lowest BCUT2D eigenvalue weighted by molar-refractivity contribution is -0.274. The molecular weight excluding hydrogens is 401 g/mol. The van der Waals surface area contributed by atoms with Crippen LogP contribution in [0.25, 0.3) is 16.8 Å². The molecular formula is C20H21F3N4O3. The zero-order valence-corrected chi connectivity index (χ0v) is 16.2. The molecule has 30 heavy (non-hydrogen) atoms. The summed E-state index contributed by atoms with van der Waals surface area (Å²) in [6.07, 6.45) is -0.137. The number of halogens is 3. The lowest BCUT2D eigenvalue weighted by Crippen LogP contribution is -2.37. The molecule has 0 aliphatic heterocycles. The first-order valence-electron chi connectivity index (χ1n) is 9.58. The smallest absolute Gasteiger partial charge is 0.497 e. The van der Waals surface area contributed by atoms with Gasteiger partial charge in [0.25, 0.3) is 0 Å². The molecule has 2 heterocycles. The maximum absolute atomic E-state index is 12.9. The monoisotopic (exact) mass is 422 g/mol. The van der Waals surface area contributed by atoms with Gasteiger partial charge in [-0.25, -0.2) is 0 Å². The van der Waals surface area contributed by atoms with E-state index in [0.717, 1.165) is 25.3 Å². The second-order valence-electron chi connectivity index (χ2n) is 7.15. The average Bonchev–Trinajstić information content (AvgIpc) is 3.19. The lowest BCUT2D eigenvalue weighted by Gasteiger charge is -2.28. The fourth-order valence-corrected chi connectivity index (χ4v) is 3.73. The molecule has 10 heteroatoms. The van der Waals surface area contributed by atoms with Crippen molar-refractivity contribution >= 4 is 11.5 Å². The Balaban J connectivity index is 1.75. The van der Waals surface area contributed by atoms with E-state index in [1.807, 2.05) is 0 Å². The van der Waals surface area contributed by atoms with Crippen LogP contribution in [-0.4, -0.2) is 45.3 Å². The Hall–Kier alpha value is -3.01. The molecule has 7 nitrogen and oxygen atoms in total. The van der Waals surface area contributed by atoms with Gasteiger partial charge in [-0.3, -0.25) is 4.40 Å². The number of hydrogen-bond donors (Lipinski definition) is 2. The van der Waals surface area contributed by atoms with Crippen LogP contribution in [0.5, 0.6) is 11.5 Å². The Morgan fingerprint density at radius 1 is 1.17 bits per heavy atom. The number of rotatable bonds is 5. The summed E-state index contributed by atoms with van der Waals surface area (Å²) in [5, 5.41) is 21.8. The Labute approximate surface area is 170 Å². The van der Waals surface area contributed by atoms with Crippen molar-refractivity contribution in [2.24, 2.45) is 0 Å². The van der Waals surface area contributed by atoms with Crippen molar-refractivity contribution in [3.05, 3.63) is 36.5 Å². The van der Waals surface area contributed by atoms with Crippen molar-refractivity contribution in [1.29, 1.82) is 0 Å². The van der Waals surface area contributed by atoms with Crippen LogP contribution in [-0.2, 0) is 0 Å². The lowest BCUT2D eigenvalue weighted by atomic mass is 9.93. The summed E-state index contributed by atoms with van der Waals surface area (Å²) in [4.78, 5) is 0. The van der Waals surface area contributed by atoms with Gasteiger partial charge in [0.15, 0.2) is 0 Å². The van der Waals surface area contributed by atoms with Gasteiger partial charge in [0.05, 0.1) is 24.8 Å². The molecule has 3 aromatic rings. The highest BCUT2D eigenvalue weighted by Gasteiger charge is 2.33. The predicted molar refractivity (Wildman–Crippen MR) is 104 cm³/mol. The van der Waals surface area contributed by atoms with Crippen LogP contribution < -0.4 is 14.8 Å². The van der Waals surface area contributed by atoms with Crippen molar-refractivity contribution in [2.45, 2.75) is 44.2 Å². The number of aliphatic hydroxyl groups excluding tert-OH is 1. The van der Waals surface area contributed by atoms with E-state index in [0.29, 0.717) is 17.9 Å². The van der Waals surface area contributed by atoms with Gasteiger partial charge < -0.3 is 19.9 Å². The summed E-state index contributed by atoms with van der Waals surface area (Å²) in [7, 11) is 1.36. The molecule has 1 aliphatic carbocycles. The highest BCUT2D eigenvalue weighted by atomic mass is 19.4. The molecule has 1 aliphatic rings. The first-order valence-corrected chi connectivity index (χ1v) is 9.58. The van der Waals surface area contributed by atoms with Crippen molar-refractivity contribution < 1.29 is 27.8 Å². The number of nitrogens with one attached hydrogen (secondary N) is 1. The van der Waals surface area contributed by atoms with E-state index in [1.54, 1.807) is 22.7 Å². The van der Waals surface area contributed by atoms with E-state index in [9.17, 15) is 18.3 Å². The highest BCUT2D eigenvalue weighted by molar-refractivity contribution is 5.81. The largest absolute Gasteiger partial charge is 0.573 e. The number of alkyl halides is 3. The van der Waals surface area contributed by atoms with E-state index in [-0.39, 0.29) is 23.0 Å². The first kappa shape index (κ1) is 20.3. The third-order valence-electron chi connectivity index (χ3n) is 5.18. The minimum Gasteiger partial charge on any atom is -0.497 e. The molecule has 0 radical (unpaired) electrons. The normalized spacial score (nSPS) is 19.6. The summed E-state index contributed by atoms with van der Waals surface area (Å²) in [6.45, 7) is 0. The molecule has 2 N–H and O–H groups in total. The van der Waals surface area contributed by atoms with Crippen molar-refractivity contribution in [3.63, 3.8) is 0 Å². The third kappa shape index (κ3) is 4.13. The van der Waals surface area contributed by atoms with Crippen molar-refractivity contribution in [2.75, 3.05) is 12.4 Å². The van der Waals surface area contributed by atoms with Crippen molar-refractivity contribution in [1.82, 2.24) is 14.6 Å². The van der Waals surface area contributed by atoms with E-state index < -0.39 is 18.2 Å². The number of methoxy groups -OCH3 is 1. The summed E-state index contributed by atoms with van der Waals surface area (Å²) < 4.78 is 49.8. The summed E-state index contributed by atoms with van der Waals surface area (Å²) in [6, 6.07) is 7.47. The van der Waals surface area contributed by atoms with Crippen LogP contribution >= 0.6 is 0 Å². The standard InChI is InChI=1S/C20H21F3N4O3/c1-29-12-8-9-13(17(11-12)30-20(21,22)23)18-15-6-4-10-27(15)19(26-25-18)24-14-5-2-3-7-16(14)28/h4,6,8-11,14,16,28H,2-3,5,7H2,1H3,(H,24,26)/t14-,16-/m1/s1. The van der Waals surface area contributed by atoms with Crippen LogP contribution in [0.2, 0.25) is 0 Å². The predicted octanol–water partition coefficient (Wildman–Crippen LogP) is 4.02. The molecule has 1 fully saturated rings. The number of anilines is 1.